The van der Waals surface area contributed by atoms with Crippen LogP contribution in [0.3, 0.4) is 0 Å². The highest BCUT2D eigenvalue weighted by Gasteiger charge is 2.22. The van der Waals surface area contributed by atoms with Gasteiger partial charge in [-0.2, -0.15) is 0 Å². The first-order chi connectivity index (χ1) is 15.1. The van der Waals surface area contributed by atoms with Gasteiger partial charge in [0.1, 0.15) is 6.61 Å². The van der Waals surface area contributed by atoms with E-state index in [-0.39, 0.29) is 13.1 Å². The van der Waals surface area contributed by atoms with Crippen molar-refractivity contribution in [3.63, 3.8) is 0 Å². The van der Waals surface area contributed by atoms with Crippen LogP contribution in [0.25, 0.3) is 0 Å². The first-order valence-electron chi connectivity index (χ1n) is 8.73. The summed E-state index contributed by atoms with van der Waals surface area (Å²) in [5.41, 5.74) is 0. The summed E-state index contributed by atoms with van der Waals surface area (Å²) < 4.78 is 4.30. The third-order valence-electron chi connectivity index (χ3n) is 3.21. The van der Waals surface area contributed by atoms with Crippen LogP contribution in [0.2, 0.25) is 0 Å². The Labute approximate surface area is 185 Å². The van der Waals surface area contributed by atoms with Crippen molar-refractivity contribution in [1.29, 1.82) is 0 Å². The predicted molar refractivity (Wildman–Crippen MR) is 101 cm³/mol. The molecule has 0 radical (unpaired) electrons. The minimum absolute atomic E-state index is 0.0703. The SMILES string of the molecule is O=C(O)CN(CCN(CC(=O)O)CC(=O)O)CC(=O)O.O=C(O)COC(CC(=O)O)C(=O)O. The zero-order valence-electron chi connectivity index (χ0n) is 17.0. The summed E-state index contributed by atoms with van der Waals surface area (Å²) in [6.45, 7) is -3.08. The number of ether oxygens (including phenoxy) is 1. The number of hydrogen-bond acceptors (Lipinski definition) is 10. The van der Waals surface area contributed by atoms with E-state index in [4.69, 9.17) is 35.7 Å². The highest BCUT2D eigenvalue weighted by atomic mass is 16.5. The molecule has 0 amide bonds. The van der Waals surface area contributed by atoms with E-state index in [2.05, 4.69) is 4.74 Å². The van der Waals surface area contributed by atoms with Crippen molar-refractivity contribution in [1.82, 2.24) is 9.80 Å². The molecule has 0 aromatic heterocycles. The number of carbonyl (C=O) groups is 7. The molecule has 0 bridgehead atoms. The van der Waals surface area contributed by atoms with Gasteiger partial charge in [0, 0.05) is 13.1 Å². The topological polar surface area (TPSA) is 277 Å². The van der Waals surface area contributed by atoms with E-state index in [1.807, 2.05) is 0 Å². The minimum Gasteiger partial charge on any atom is -0.481 e. The van der Waals surface area contributed by atoms with Crippen LogP contribution in [-0.2, 0) is 38.3 Å². The number of nitrogens with zero attached hydrogens (tertiary/aromatic N) is 2. The molecule has 7 N–H and O–H groups in total. The highest BCUT2D eigenvalue weighted by Crippen LogP contribution is 1.99. The van der Waals surface area contributed by atoms with Crippen LogP contribution in [0, 0.1) is 0 Å². The first-order valence-corrected chi connectivity index (χ1v) is 8.73. The van der Waals surface area contributed by atoms with Gasteiger partial charge >= 0.3 is 41.8 Å². The lowest BCUT2D eigenvalue weighted by molar-refractivity contribution is -0.161. The fourth-order valence-electron chi connectivity index (χ4n) is 2.02. The van der Waals surface area contributed by atoms with Gasteiger partial charge < -0.3 is 40.5 Å². The van der Waals surface area contributed by atoms with Crippen LogP contribution in [0.5, 0.6) is 0 Å². The molecule has 0 fully saturated rings. The Morgan fingerprint density at radius 3 is 1.09 bits per heavy atom. The average Bonchev–Trinajstić information content (AvgIpc) is 2.61. The number of rotatable bonds is 17. The third kappa shape index (κ3) is 21.2. The summed E-state index contributed by atoms with van der Waals surface area (Å²) in [5, 5.41) is 59.1. The Morgan fingerprint density at radius 2 is 0.879 bits per heavy atom. The van der Waals surface area contributed by atoms with E-state index in [0.29, 0.717) is 0 Å². The second-order valence-corrected chi connectivity index (χ2v) is 6.13. The lowest BCUT2D eigenvalue weighted by atomic mass is 10.2. The van der Waals surface area contributed by atoms with Gasteiger partial charge in [-0.3, -0.25) is 33.8 Å². The summed E-state index contributed by atoms with van der Waals surface area (Å²) >= 11 is 0. The van der Waals surface area contributed by atoms with Gasteiger partial charge in [-0.15, -0.1) is 0 Å². The van der Waals surface area contributed by atoms with Crippen molar-refractivity contribution in [2.45, 2.75) is 12.5 Å². The van der Waals surface area contributed by atoms with Crippen molar-refractivity contribution in [3.05, 3.63) is 0 Å². The molecule has 17 heteroatoms. The highest BCUT2D eigenvalue weighted by molar-refractivity contribution is 5.80. The molecule has 188 valence electrons. The molecule has 0 aromatic rings. The molecule has 17 nitrogen and oxygen atoms in total. The van der Waals surface area contributed by atoms with Crippen LogP contribution < -0.4 is 0 Å². The van der Waals surface area contributed by atoms with Gasteiger partial charge in [0.25, 0.3) is 0 Å². The molecule has 0 aliphatic carbocycles. The monoisotopic (exact) mass is 484 g/mol. The molecule has 0 saturated heterocycles. The van der Waals surface area contributed by atoms with E-state index in [0.717, 1.165) is 9.80 Å². The average molecular weight is 484 g/mol. The van der Waals surface area contributed by atoms with Crippen LogP contribution in [0.4, 0.5) is 0 Å². The summed E-state index contributed by atoms with van der Waals surface area (Å²) in [6.07, 6.45) is -2.38. The molecule has 0 rings (SSSR count). The summed E-state index contributed by atoms with van der Waals surface area (Å²) in [5.74, 6) is -9.12. The van der Waals surface area contributed by atoms with Gasteiger partial charge in [-0.25, -0.2) is 9.59 Å². The van der Waals surface area contributed by atoms with E-state index < -0.39 is 87.1 Å². The Balaban J connectivity index is 0. The maximum absolute atomic E-state index is 10.6. The van der Waals surface area contributed by atoms with Gasteiger partial charge in [-0.05, 0) is 0 Å². The molecule has 33 heavy (non-hydrogen) atoms. The molecule has 0 aromatic carbocycles. The quantitative estimate of drug-likeness (QED) is 0.108. The number of carboxylic acid groups (broad SMARTS) is 7. The van der Waals surface area contributed by atoms with Crippen LogP contribution in [0.15, 0.2) is 0 Å². The molecule has 0 saturated carbocycles. The summed E-state index contributed by atoms with van der Waals surface area (Å²) in [4.78, 5) is 74.6. The number of aliphatic carboxylic acids is 7. The Bertz CT molecular complexity index is 655. The summed E-state index contributed by atoms with van der Waals surface area (Å²) in [7, 11) is 0. The second-order valence-electron chi connectivity index (χ2n) is 6.13. The molecule has 0 heterocycles. The zero-order valence-corrected chi connectivity index (χ0v) is 17.0. The largest absolute Gasteiger partial charge is 0.481 e. The maximum atomic E-state index is 10.6. The number of carboxylic acids is 7. The van der Waals surface area contributed by atoms with Gasteiger partial charge in [-0.1, -0.05) is 0 Å². The maximum Gasteiger partial charge on any atom is 0.333 e. The lowest BCUT2D eigenvalue weighted by Crippen LogP contribution is -2.43. The minimum atomic E-state index is -1.62. The Morgan fingerprint density at radius 1 is 0.545 bits per heavy atom. The first kappa shape index (κ1) is 31.4. The van der Waals surface area contributed by atoms with Gasteiger partial charge in [0.2, 0.25) is 0 Å². The lowest BCUT2D eigenvalue weighted by Gasteiger charge is -2.23. The smallest absolute Gasteiger partial charge is 0.333 e. The van der Waals surface area contributed by atoms with E-state index >= 15 is 0 Å². The molecule has 0 aliphatic rings. The van der Waals surface area contributed by atoms with Crippen LogP contribution in [-0.4, -0.2) is 139 Å². The molecule has 0 spiro atoms. The molecule has 1 atom stereocenters. The van der Waals surface area contributed by atoms with Crippen molar-refractivity contribution >= 4 is 41.8 Å². The fraction of sp³-hybridized carbons (Fsp3) is 0.562. The normalized spacial score (nSPS) is 11.2. The van der Waals surface area contributed by atoms with Crippen molar-refractivity contribution in [3.8, 4) is 0 Å². The predicted octanol–water partition coefficient (Wildman–Crippen LogP) is -3.06. The second kappa shape index (κ2) is 16.8. The zero-order chi connectivity index (χ0) is 26.1. The summed E-state index contributed by atoms with van der Waals surface area (Å²) in [6, 6.07) is 0. The van der Waals surface area contributed by atoms with Crippen molar-refractivity contribution in [2.75, 3.05) is 45.9 Å². The van der Waals surface area contributed by atoms with Crippen molar-refractivity contribution in [2.24, 2.45) is 0 Å². The van der Waals surface area contributed by atoms with Crippen molar-refractivity contribution < 1.29 is 74.0 Å². The van der Waals surface area contributed by atoms with Gasteiger partial charge in [0.15, 0.2) is 6.10 Å². The van der Waals surface area contributed by atoms with Gasteiger partial charge in [0.05, 0.1) is 32.6 Å². The standard InChI is InChI=1S/C10H16N2O8.C6H8O7/c13-7(14)3-11(4-8(15)16)1-2-12(5-9(17)18)6-10(19)20;7-4(8)1-3(6(11)12)13-2-5(9)10/h1-6H2,(H,13,14)(H,15,16)(H,17,18)(H,19,20);3H,1-2H2,(H,7,8)(H,9,10)(H,11,12). The van der Waals surface area contributed by atoms with E-state index in [1.54, 1.807) is 0 Å². The van der Waals surface area contributed by atoms with Crippen LogP contribution in [0.1, 0.15) is 6.42 Å². The number of hydrogen-bond donors (Lipinski definition) is 7. The Hall–Kier alpha value is -3.83. The molecule has 1 unspecified atom stereocenters. The molecular formula is C16H24N2O15. The van der Waals surface area contributed by atoms with E-state index in [9.17, 15) is 33.6 Å². The fourth-order valence-corrected chi connectivity index (χ4v) is 2.02. The molecular weight excluding hydrogens is 460 g/mol. The van der Waals surface area contributed by atoms with E-state index in [1.165, 1.54) is 0 Å². The molecule has 0 aliphatic heterocycles. The van der Waals surface area contributed by atoms with Crippen LogP contribution >= 0.6 is 0 Å². The third-order valence-corrected chi connectivity index (χ3v) is 3.21. The Kier molecular flexibility index (Phi) is 16.0.